The second-order valence-electron chi connectivity index (χ2n) is 10.9. The largest absolute Gasteiger partial charge is 0.353 e. The molecule has 2 aromatic rings. The number of anilines is 2. The number of hydrogen-bond acceptors (Lipinski definition) is 7. The van der Waals surface area contributed by atoms with Crippen molar-refractivity contribution in [2.75, 3.05) is 44.6 Å². The van der Waals surface area contributed by atoms with Crippen molar-refractivity contribution in [3.63, 3.8) is 0 Å². The van der Waals surface area contributed by atoms with E-state index >= 15 is 0 Å². The lowest BCUT2D eigenvalue weighted by molar-refractivity contribution is -0.134. The van der Waals surface area contributed by atoms with E-state index < -0.39 is 5.54 Å². The lowest BCUT2D eigenvalue weighted by atomic mass is 9.77. The number of urea groups is 1. The lowest BCUT2D eigenvalue weighted by Gasteiger charge is -2.36. The molecule has 0 unspecified atom stereocenters. The van der Waals surface area contributed by atoms with Crippen molar-refractivity contribution >= 4 is 45.5 Å². The number of amidine groups is 1. The molecule has 0 aliphatic carbocycles. The van der Waals surface area contributed by atoms with Crippen LogP contribution in [0, 0.1) is 18.8 Å². The molecule has 9 heteroatoms. The number of thiophene rings is 1. The molecular formula is C28H38N6O2S. The van der Waals surface area contributed by atoms with Gasteiger partial charge in [-0.15, -0.1) is 11.3 Å². The van der Waals surface area contributed by atoms with E-state index in [1.165, 1.54) is 15.3 Å². The minimum absolute atomic E-state index is 0.0450. The third kappa shape index (κ3) is 4.63. The van der Waals surface area contributed by atoms with Gasteiger partial charge < -0.3 is 15.5 Å². The van der Waals surface area contributed by atoms with E-state index in [-0.39, 0.29) is 23.8 Å². The Morgan fingerprint density at radius 3 is 2.41 bits per heavy atom. The molecular weight excluding hydrogens is 484 g/mol. The van der Waals surface area contributed by atoms with Gasteiger partial charge in [-0.05, 0) is 49.9 Å². The number of imide groups is 1. The van der Waals surface area contributed by atoms with Crippen LogP contribution in [0.25, 0.3) is 0 Å². The number of benzene rings is 1. The standard InChI is InChI=1S/C28H38N6O2S/c1-18(2)28(19(3)4)26(35)34(27(36)31-28)12-8-11-32-13-15-33(16-14-32)24-21-17-20(5)37-25(21)30-23-10-7-6-9-22(23)29-24/h6-7,9-10,17-19,30H,8,11-16H2,1-5H3,(H,31,36). The molecule has 2 saturated heterocycles. The summed E-state index contributed by atoms with van der Waals surface area (Å²) in [4.78, 5) is 38.5. The van der Waals surface area contributed by atoms with Gasteiger partial charge in [0.25, 0.3) is 5.91 Å². The smallest absolute Gasteiger partial charge is 0.325 e. The summed E-state index contributed by atoms with van der Waals surface area (Å²) in [5, 5.41) is 7.75. The summed E-state index contributed by atoms with van der Waals surface area (Å²) in [7, 11) is 0. The summed E-state index contributed by atoms with van der Waals surface area (Å²) in [5.74, 6) is 1.05. The van der Waals surface area contributed by atoms with Crippen molar-refractivity contribution in [1.82, 2.24) is 20.0 Å². The maximum absolute atomic E-state index is 13.2. The summed E-state index contributed by atoms with van der Waals surface area (Å²) in [5.41, 5.74) is 2.38. The molecule has 4 heterocycles. The van der Waals surface area contributed by atoms with Gasteiger partial charge in [0, 0.05) is 37.6 Å². The number of amides is 3. The first-order valence-electron chi connectivity index (χ1n) is 13.4. The molecule has 1 aromatic carbocycles. The number of rotatable bonds is 6. The van der Waals surface area contributed by atoms with Gasteiger partial charge >= 0.3 is 6.03 Å². The van der Waals surface area contributed by atoms with E-state index in [1.54, 1.807) is 11.3 Å². The van der Waals surface area contributed by atoms with Gasteiger partial charge in [0.05, 0.1) is 16.9 Å². The Kier molecular flexibility index (Phi) is 7.02. The number of carbonyl (C=O) groups is 2. The second-order valence-corrected chi connectivity index (χ2v) is 12.2. The van der Waals surface area contributed by atoms with Crippen molar-refractivity contribution in [2.24, 2.45) is 16.8 Å². The van der Waals surface area contributed by atoms with E-state index in [0.717, 1.165) is 61.4 Å². The van der Waals surface area contributed by atoms with Crippen LogP contribution in [-0.4, -0.2) is 77.3 Å². The van der Waals surface area contributed by atoms with Crippen LogP contribution in [-0.2, 0) is 4.79 Å². The summed E-state index contributed by atoms with van der Waals surface area (Å²) in [6.45, 7) is 15.1. The van der Waals surface area contributed by atoms with Crippen LogP contribution in [0.4, 0.5) is 21.2 Å². The normalized spacial score (nSPS) is 19.5. The zero-order chi connectivity index (χ0) is 26.3. The number of nitrogens with zero attached hydrogens (tertiary/aromatic N) is 4. The molecule has 0 atom stereocenters. The molecule has 0 saturated carbocycles. The highest BCUT2D eigenvalue weighted by Gasteiger charge is 2.54. The first-order chi connectivity index (χ1) is 17.7. The van der Waals surface area contributed by atoms with Gasteiger partial charge in [0.15, 0.2) is 0 Å². The summed E-state index contributed by atoms with van der Waals surface area (Å²) in [6, 6.07) is 10.2. The Bertz CT molecular complexity index is 1200. The zero-order valence-corrected chi connectivity index (χ0v) is 23.3. The van der Waals surface area contributed by atoms with Gasteiger partial charge in [-0.25, -0.2) is 9.79 Å². The average Bonchev–Trinajstić information content (AvgIpc) is 3.30. The zero-order valence-electron chi connectivity index (χ0n) is 22.5. The molecule has 5 rings (SSSR count). The maximum Gasteiger partial charge on any atom is 0.325 e. The Labute approximate surface area is 223 Å². The molecule has 1 aromatic heterocycles. The Morgan fingerprint density at radius 1 is 1.03 bits per heavy atom. The minimum atomic E-state index is -0.797. The van der Waals surface area contributed by atoms with Crippen LogP contribution in [0.1, 0.15) is 44.6 Å². The van der Waals surface area contributed by atoms with Crippen molar-refractivity contribution in [3.8, 4) is 0 Å². The van der Waals surface area contributed by atoms with Gasteiger partial charge in [-0.2, -0.15) is 0 Å². The predicted molar refractivity (Wildman–Crippen MR) is 150 cm³/mol. The van der Waals surface area contributed by atoms with E-state index in [0.29, 0.717) is 6.54 Å². The topological polar surface area (TPSA) is 80.3 Å². The maximum atomic E-state index is 13.2. The van der Waals surface area contributed by atoms with E-state index in [9.17, 15) is 9.59 Å². The summed E-state index contributed by atoms with van der Waals surface area (Å²) in [6.07, 6.45) is 0.775. The van der Waals surface area contributed by atoms with E-state index in [2.05, 4.69) is 45.6 Å². The van der Waals surface area contributed by atoms with Gasteiger partial charge in [0.2, 0.25) is 0 Å². The number of aryl methyl sites for hydroxylation is 1. The number of para-hydroxylation sites is 2. The van der Waals surface area contributed by atoms with Gasteiger partial charge in [-0.1, -0.05) is 39.8 Å². The van der Waals surface area contributed by atoms with Gasteiger partial charge in [-0.3, -0.25) is 14.6 Å². The molecule has 0 bridgehead atoms. The molecule has 0 spiro atoms. The summed E-state index contributed by atoms with van der Waals surface area (Å²) >= 11 is 1.77. The molecule has 198 valence electrons. The third-order valence-electron chi connectivity index (χ3n) is 7.98. The average molecular weight is 523 g/mol. The molecule has 2 fully saturated rings. The van der Waals surface area contributed by atoms with Crippen LogP contribution in [0.15, 0.2) is 35.3 Å². The second kappa shape index (κ2) is 10.1. The predicted octanol–water partition coefficient (Wildman–Crippen LogP) is 4.80. The highest BCUT2D eigenvalue weighted by Crippen LogP contribution is 2.39. The van der Waals surface area contributed by atoms with Crippen molar-refractivity contribution < 1.29 is 9.59 Å². The van der Waals surface area contributed by atoms with Crippen molar-refractivity contribution in [3.05, 3.63) is 40.8 Å². The van der Waals surface area contributed by atoms with E-state index in [1.807, 2.05) is 39.8 Å². The number of piperazine rings is 1. The number of aliphatic imine (C=N–C) groups is 1. The molecule has 3 aliphatic rings. The first-order valence-corrected chi connectivity index (χ1v) is 14.2. The fourth-order valence-corrected chi connectivity index (χ4v) is 6.81. The quantitative estimate of drug-likeness (QED) is 0.533. The molecule has 2 N–H and O–H groups in total. The monoisotopic (exact) mass is 522 g/mol. The fourth-order valence-electron chi connectivity index (χ4n) is 5.89. The van der Waals surface area contributed by atoms with Crippen LogP contribution in [0.3, 0.4) is 0 Å². The number of nitrogens with one attached hydrogen (secondary N) is 2. The van der Waals surface area contributed by atoms with Gasteiger partial charge in [0.1, 0.15) is 16.4 Å². The third-order valence-corrected chi connectivity index (χ3v) is 8.95. The van der Waals surface area contributed by atoms with Crippen LogP contribution in [0.5, 0.6) is 0 Å². The van der Waals surface area contributed by atoms with Crippen LogP contribution < -0.4 is 10.6 Å². The SMILES string of the molecule is Cc1cc2c(s1)Nc1ccccc1N=C2N1CCN(CCCN2C(=O)NC(C(C)C)(C(C)C)C2=O)CC1. The van der Waals surface area contributed by atoms with Crippen LogP contribution in [0.2, 0.25) is 0 Å². The van der Waals surface area contributed by atoms with Crippen molar-refractivity contribution in [2.45, 2.75) is 46.6 Å². The Hall–Kier alpha value is -2.91. The van der Waals surface area contributed by atoms with Crippen molar-refractivity contribution in [1.29, 1.82) is 0 Å². The molecule has 3 amide bonds. The number of hydrogen-bond donors (Lipinski definition) is 2. The number of fused-ring (bicyclic) bond motifs is 2. The molecule has 0 radical (unpaired) electrons. The summed E-state index contributed by atoms with van der Waals surface area (Å²) < 4.78 is 0. The Balaban J connectivity index is 1.20. The highest BCUT2D eigenvalue weighted by molar-refractivity contribution is 7.16. The highest BCUT2D eigenvalue weighted by atomic mass is 32.1. The van der Waals surface area contributed by atoms with Crippen LogP contribution >= 0.6 is 11.3 Å². The lowest BCUT2D eigenvalue weighted by Crippen LogP contribution is -2.55. The fraction of sp³-hybridized carbons (Fsp3) is 0.536. The Morgan fingerprint density at radius 2 is 1.73 bits per heavy atom. The molecule has 8 nitrogen and oxygen atoms in total. The minimum Gasteiger partial charge on any atom is -0.353 e. The molecule has 37 heavy (non-hydrogen) atoms. The first kappa shape index (κ1) is 25.7. The number of carbonyl (C=O) groups excluding carboxylic acids is 2. The molecule has 3 aliphatic heterocycles. The van der Waals surface area contributed by atoms with E-state index in [4.69, 9.17) is 4.99 Å².